The number of rotatable bonds is 10. The standard InChI is InChI=1S/C24H28N2O6/c1-15(23(28)29)25-22(27)21(12-7-13-31-2)26-24(30)32-14-20-18-10-5-3-8-16(18)17-9-4-6-11-19(17)20/h3-6,8-11,15,20-21H,7,12-14H2,1-2H3,(H,25,27)(H,26,30)(H,28,29)/t15-,21?/m1/s1. The number of carboxylic acid groups (broad SMARTS) is 1. The molecule has 2 amide bonds. The molecule has 8 heteroatoms. The van der Waals surface area contributed by atoms with Crippen molar-refractivity contribution in [3.8, 4) is 11.1 Å². The normalized spacial score (nSPS) is 14.1. The van der Waals surface area contributed by atoms with Crippen LogP contribution in [0.5, 0.6) is 0 Å². The van der Waals surface area contributed by atoms with Gasteiger partial charge >= 0.3 is 12.1 Å². The van der Waals surface area contributed by atoms with Crippen LogP contribution in [-0.2, 0) is 19.1 Å². The molecule has 2 atom stereocenters. The highest BCUT2D eigenvalue weighted by molar-refractivity contribution is 5.89. The van der Waals surface area contributed by atoms with E-state index in [1.165, 1.54) is 6.92 Å². The SMILES string of the molecule is COCCCC(NC(=O)OCC1c2ccccc2-c2ccccc21)C(=O)N[C@H](C)C(=O)O. The van der Waals surface area contributed by atoms with E-state index in [0.717, 1.165) is 22.3 Å². The quantitative estimate of drug-likeness (QED) is 0.490. The Balaban J connectivity index is 1.64. The van der Waals surface area contributed by atoms with Crippen molar-refractivity contribution in [3.63, 3.8) is 0 Å². The predicted octanol–water partition coefficient (Wildman–Crippen LogP) is 2.91. The second-order valence-electron chi connectivity index (χ2n) is 7.73. The Hall–Kier alpha value is -3.39. The average molecular weight is 440 g/mol. The zero-order chi connectivity index (χ0) is 23.1. The van der Waals surface area contributed by atoms with Crippen LogP contribution in [-0.4, -0.2) is 55.5 Å². The lowest BCUT2D eigenvalue weighted by Gasteiger charge is -2.20. The summed E-state index contributed by atoms with van der Waals surface area (Å²) in [5.74, 6) is -1.83. The molecule has 0 radical (unpaired) electrons. The van der Waals surface area contributed by atoms with Crippen LogP contribution in [0.1, 0.15) is 36.8 Å². The number of hydrogen-bond donors (Lipinski definition) is 3. The van der Waals surface area contributed by atoms with E-state index < -0.39 is 30.1 Å². The van der Waals surface area contributed by atoms with Crippen LogP contribution >= 0.6 is 0 Å². The molecule has 0 fully saturated rings. The smallest absolute Gasteiger partial charge is 0.407 e. The molecule has 1 unspecified atom stereocenters. The summed E-state index contributed by atoms with van der Waals surface area (Å²) in [5.41, 5.74) is 4.42. The van der Waals surface area contributed by atoms with E-state index in [-0.39, 0.29) is 18.9 Å². The molecule has 1 aliphatic rings. The Labute approximate surface area is 186 Å². The summed E-state index contributed by atoms with van der Waals surface area (Å²) in [6.45, 7) is 1.89. The molecule has 0 heterocycles. The van der Waals surface area contributed by atoms with Gasteiger partial charge in [0, 0.05) is 19.6 Å². The Morgan fingerprint density at radius 2 is 1.59 bits per heavy atom. The van der Waals surface area contributed by atoms with Crippen molar-refractivity contribution in [3.05, 3.63) is 59.7 Å². The first kappa shape index (κ1) is 23.3. The van der Waals surface area contributed by atoms with Gasteiger partial charge in [-0.25, -0.2) is 4.79 Å². The fraction of sp³-hybridized carbons (Fsp3) is 0.375. The largest absolute Gasteiger partial charge is 0.480 e. The first-order valence-corrected chi connectivity index (χ1v) is 10.6. The molecule has 3 N–H and O–H groups in total. The maximum Gasteiger partial charge on any atom is 0.407 e. The third-order valence-electron chi connectivity index (χ3n) is 5.52. The van der Waals surface area contributed by atoms with Crippen molar-refractivity contribution < 1.29 is 29.0 Å². The van der Waals surface area contributed by atoms with Gasteiger partial charge in [-0.1, -0.05) is 48.5 Å². The van der Waals surface area contributed by atoms with Crippen LogP contribution in [0.4, 0.5) is 4.79 Å². The number of hydrogen-bond acceptors (Lipinski definition) is 5. The monoisotopic (exact) mass is 440 g/mol. The fourth-order valence-electron chi connectivity index (χ4n) is 3.86. The molecular weight excluding hydrogens is 412 g/mol. The molecular formula is C24H28N2O6. The average Bonchev–Trinajstić information content (AvgIpc) is 3.10. The van der Waals surface area contributed by atoms with Gasteiger partial charge < -0.3 is 25.2 Å². The predicted molar refractivity (Wildman–Crippen MR) is 118 cm³/mol. The van der Waals surface area contributed by atoms with Crippen LogP contribution in [0.3, 0.4) is 0 Å². The third-order valence-corrected chi connectivity index (χ3v) is 5.52. The Bertz CT molecular complexity index is 931. The molecule has 0 saturated carbocycles. The molecule has 0 saturated heterocycles. The Kier molecular flexibility index (Phi) is 7.83. The van der Waals surface area contributed by atoms with Gasteiger partial charge in [-0.3, -0.25) is 9.59 Å². The van der Waals surface area contributed by atoms with Crippen LogP contribution < -0.4 is 10.6 Å². The molecule has 3 rings (SSSR count). The lowest BCUT2D eigenvalue weighted by molar-refractivity contribution is -0.141. The molecule has 170 valence electrons. The molecule has 2 aromatic carbocycles. The summed E-state index contributed by atoms with van der Waals surface area (Å²) in [7, 11) is 1.54. The Morgan fingerprint density at radius 1 is 1.00 bits per heavy atom. The molecule has 0 aromatic heterocycles. The van der Waals surface area contributed by atoms with Crippen molar-refractivity contribution in [2.24, 2.45) is 0 Å². The molecule has 32 heavy (non-hydrogen) atoms. The first-order chi connectivity index (χ1) is 15.4. The van der Waals surface area contributed by atoms with Gasteiger partial charge in [0.25, 0.3) is 0 Å². The highest BCUT2D eigenvalue weighted by Gasteiger charge is 2.30. The first-order valence-electron chi connectivity index (χ1n) is 10.6. The zero-order valence-corrected chi connectivity index (χ0v) is 18.2. The molecule has 0 bridgehead atoms. The van der Waals surface area contributed by atoms with E-state index in [9.17, 15) is 14.4 Å². The fourth-order valence-corrected chi connectivity index (χ4v) is 3.86. The number of carbonyl (C=O) groups excluding carboxylic acids is 2. The molecule has 1 aliphatic carbocycles. The van der Waals surface area contributed by atoms with Crippen molar-refractivity contribution >= 4 is 18.0 Å². The molecule has 0 spiro atoms. The van der Waals surface area contributed by atoms with Crippen molar-refractivity contribution in [1.82, 2.24) is 10.6 Å². The lowest BCUT2D eigenvalue weighted by Crippen LogP contribution is -2.51. The molecule has 0 aliphatic heterocycles. The van der Waals surface area contributed by atoms with Gasteiger partial charge in [0.05, 0.1) is 0 Å². The van der Waals surface area contributed by atoms with Crippen molar-refractivity contribution in [1.29, 1.82) is 0 Å². The van der Waals surface area contributed by atoms with Gasteiger partial charge in [0.1, 0.15) is 18.7 Å². The van der Waals surface area contributed by atoms with E-state index >= 15 is 0 Å². The minimum Gasteiger partial charge on any atom is -0.480 e. The van der Waals surface area contributed by atoms with Crippen molar-refractivity contribution in [2.75, 3.05) is 20.3 Å². The second-order valence-corrected chi connectivity index (χ2v) is 7.73. The van der Waals surface area contributed by atoms with Crippen LogP contribution in [0.25, 0.3) is 11.1 Å². The van der Waals surface area contributed by atoms with Gasteiger partial charge in [0.2, 0.25) is 5.91 Å². The summed E-state index contributed by atoms with van der Waals surface area (Å²) >= 11 is 0. The minimum atomic E-state index is -1.16. The number of nitrogens with one attached hydrogen (secondary N) is 2. The number of alkyl carbamates (subject to hydrolysis) is 1. The van der Waals surface area contributed by atoms with Crippen LogP contribution in [0.2, 0.25) is 0 Å². The van der Waals surface area contributed by atoms with E-state index in [4.69, 9.17) is 14.6 Å². The number of carboxylic acids is 1. The van der Waals surface area contributed by atoms with Gasteiger partial charge in [0.15, 0.2) is 0 Å². The zero-order valence-electron chi connectivity index (χ0n) is 18.2. The van der Waals surface area contributed by atoms with E-state index in [1.54, 1.807) is 7.11 Å². The number of carbonyl (C=O) groups is 3. The summed E-state index contributed by atoms with van der Waals surface area (Å²) in [4.78, 5) is 36.1. The minimum absolute atomic E-state index is 0.0963. The van der Waals surface area contributed by atoms with Crippen molar-refractivity contribution in [2.45, 2.75) is 37.8 Å². The van der Waals surface area contributed by atoms with E-state index in [2.05, 4.69) is 10.6 Å². The lowest BCUT2D eigenvalue weighted by atomic mass is 9.98. The third kappa shape index (κ3) is 5.45. The topological polar surface area (TPSA) is 114 Å². The van der Waals surface area contributed by atoms with E-state index in [1.807, 2.05) is 48.5 Å². The number of aliphatic carboxylic acids is 1. The van der Waals surface area contributed by atoms with Gasteiger partial charge in [-0.15, -0.1) is 0 Å². The number of ether oxygens (including phenoxy) is 2. The second kappa shape index (κ2) is 10.8. The number of amides is 2. The number of methoxy groups -OCH3 is 1. The van der Waals surface area contributed by atoms with E-state index in [0.29, 0.717) is 13.0 Å². The van der Waals surface area contributed by atoms with Crippen LogP contribution in [0.15, 0.2) is 48.5 Å². The number of fused-ring (bicyclic) bond motifs is 3. The summed E-state index contributed by atoms with van der Waals surface area (Å²) in [6.07, 6.45) is 0.0722. The molecule has 8 nitrogen and oxygen atoms in total. The van der Waals surface area contributed by atoms with Gasteiger partial charge in [-0.2, -0.15) is 0 Å². The maximum absolute atomic E-state index is 12.5. The van der Waals surface area contributed by atoms with Crippen LogP contribution in [0, 0.1) is 0 Å². The highest BCUT2D eigenvalue weighted by atomic mass is 16.5. The maximum atomic E-state index is 12.5. The van der Waals surface area contributed by atoms with Gasteiger partial charge in [-0.05, 0) is 42.0 Å². The Morgan fingerprint density at radius 3 is 2.16 bits per heavy atom. The summed E-state index contributed by atoms with van der Waals surface area (Å²) in [6, 6.07) is 14.0. The number of benzene rings is 2. The summed E-state index contributed by atoms with van der Waals surface area (Å²) in [5, 5.41) is 14.0. The summed E-state index contributed by atoms with van der Waals surface area (Å²) < 4.78 is 10.5. The molecule has 2 aromatic rings. The highest BCUT2D eigenvalue weighted by Crippen LogP contribution is 2.44.